The second kappa shape index (κ2) is 10.5. The van der Waals surface area contributed by atoms with Crippen molar-refractivity contribution < 1.29 is 43.2 Å². The Kier molecular flexibility index (Phi) is 9.55. The largest absolute Gasteiger partial charge is 0.509 e. The van der Waals surface area contributed by atoms with Crippen molar-refractivity contribution in [2.24, 2.45) is 0 Å². The lowest BCUT2D eigenvalue weighted by atomic mass is 10.2. The van der Waals surface area contributed by atoms with Gasteiger partial charge >= 0.3 is 24.1 Å². The smallest absolute Gasteiger partial charge is 0.481 e. The third-order valence-electron chi connectivity index (χ3n) is 2.62. The highest BCUT2D eigenvalue weighted by Crippen LogP contribution is 2.12. The van der Waals surface area contributed by atoms with Crippen LogP contribution < -0.4 is 0 Å². The summed E-state index contributed by atoms with van der Waals surface area (Å²) in [6, 6.07) is 0. The van der Waals surface area contributed by atoms with Crippen molar-refractivity contribution in [3.63, 3.8) is 0 Å². The van der Waals surface area contributed by atoms with Crippen LogP contribution in [0.2, 0.25) is 0 Å². The third-order valence-corrected chi connectivity index (χ3v) is 2.62. The molecule has 0 saturated carbocycles. The van der Waals surface area contributed by atoms with Crippen molar-refractivity contribution >= 4 is 24.1 Å². The fraction of sp³-hybridized carbons (Fsp3) is 0.750. The molecule has 0 amide bonds. The molecular weight excluding hydrogens is 336 g/mol. The molecule has 0 aromatic heterocycles. The lowest BCUT2D eigenvalue weighted by Crippen LogP contribution is -2.37. The minimum absolute atomic E-state index is 0.185. The average Bonchev–Trinajstić information content (AvgIpc) is 2.43. The van der Waals surface area contributed by atoms with Gasteiger partial charge in [0.25, 0.3) is 0 Å². The first-order valence-corrected chi connectivity index (χ1v) is 7.94. The number of unbranched alkanes of at least 4 members (excludes halogenated alkanes) is 1. The van der Waals surface area contributed by atoms with E-state index in [9.17, 15) is 19.2 Å². The first-order chi connectivity index (χ1) is 11.5. The van der Waals surface area contributed by atoms with Gasteiger partial charge in [-0.05, 0) is 34.1 Å². The van der Waals surface area contributed by atoms with Crippen LogP contribution in [0, 0.1) is 0 Å². The molecule has 0 spiro atoms. The van der Waals surface area contributed by atoms with E-state index >= 15 is 0 Å². The molecule has 0 rings (SSSR count). The number of carbonyl (C=O) groups excluding carboxylic acids is 3. The van der Waals surface area contributed by atoms with Gasteiger partial charge in [-0.3, -0.25) is 4.79 Å². The van der Waals surface area contributed by atoms with E-state index in [4.69, 9.17) is 24.1 Å². The molecule has 0 aromatic rings. The number of carbonyl (C=O) groups is 4. The third kappa shape index (κ3) is 11.0. The normalized spacial score (nSPS) is 13.3. The molecule has 2 atom stereocenters. The number of hydrogen-bond acceptors (Lipinski definition) is 8. The standard InChI is InChI=1S/C16H26O9/c1-6-7-8-22-13(19)10(2)23-14(20)11(9-12(17)18)24-15(21)25-16(3,4)5/h10-11H,6-9H2,1-5H3,(H,17,18)/t10-,11-/m0/s1. The molecule has 0 fully saturated rings. The van der Waals surface area contributed by atoms with Gasteiger partial charge in [-0.1, -0.05) is 13.3 Å². The highest BCUT2D eigenvalue weighted by atomic mass is 16.7. The zero-order valence-corrected chi connectivity index (χ0v) is 15.2. The van der Waals surface area contributed by atoms with Gasteiger partial charge in [0.1, 0.15) is 5.60 Å². The second-order valence-electron chi connectivity index (χ2n) is 6.27. The van der Waals surface area contributed by atoms with Gasteiger partial charge in [-0.2, -0.15) is 0 Å². The number of hydrogen-bond donors (Lipinski definition) is 1. The van der Waals surface area contributed by atoms with E-state index in [1.807, 2.05) is 6.92 Å². The molecule has 0 aliphatic heterocycles. The molecule has 0 heterocycles. The maximum atomic E-state index is 12.0. The first kappa shape index (κ1) is 22.7. The Morgan fingerprint density at radius 2 is 1.64 bits per heavy atom. The highest BCUT2D eigenvalue weighted by molar-refractivity contribution is 5.85. The summed E-state index contributed by atoms with van der Waals surface area (Å²) in [7, 11) is 0. The lowest BCUT2D eigenvalue weighted by Gasteiger charge is -2.22. The summed E-state index contributed by atoms with van der Waals surface area (Å²) in [6.07, 6.45) is -3.55. The Morgan fingerprint density at radius 3 is 2.12 bits per heavy atom. The molecule has 9 nitrogen and oxygen atoms in total. The van der Waals surface area contributed by atoms with E-state index in [2.05, 4.69) is 0 Å². The fourth-order valence-corrected chi connectivity index (χ4v) is 1.45. The van der Waals surface area contributed by atoms with Gasteiger partial charge in [0.05, 0.1) is 13.0 Å². The number of ether oxygens (including phenoxy) is 4. The summed E-state index contributed by atoms with van der Waals surface area (Å²) in [4.78, 5) is 46.1. The van der Waals surface area contributed by atoms with E-state index in [1.54, 1.807) is 20.8 Å². The van der Waals surface area contributed by atoms with Crippen LogP contribution >= 0.6 is 0 Å². The van der Waals surface area contributed by atoms with Crippen LogP contribution in [0.25, 0.3) is 0 Å². The molecule has 1 N–H and O–H groups in total. The van der Waals surface area contributed by atoms with E-state index in [0.29, 0.717) is 6.42 Å². The number of carboxylic acid groups (broad SMARTS) is 1. The van der Waals surface area contributed by atoms with Crippen molar-refractivity contribution in [2.45, 2.75) is 71.7 Å². The van der Waals surface area contributed by atoms with Gasteiger partial charge in [0.15, 0.2) is 6.10 Å². The summed E-state index contributed by atoms with van der Waals surface area (Å²) >= 11 is 0. The van der Waals surface area contributed by atoms with E-state index in [1.165, 1.54) is 6.92 Å². The Balaban J connectivity index is 4.75. The SMILES string of the molecule is CCCCOC(=O)[C@H](C)OC(=O)[C@H](CC(=O)O)OC(=O)OC(C)(C)C. The topological polar surface area (TPSA) is 125 Å². The quantitative estimate of drug-likeness (QED) is 0.372. The zero-order valence-electron chi connectivity index (χ0n) is 15.2. The zero-order chi connectivity index (χ0) is 19.6. The van der Waals surface area contributed by atoms with E-state index < -0.39 is 48.3 Å². The summed E-state index contributed by atoms with van der Waals surface area (Å²) in [5, 5.41) is 8.83. The summed E-state index contributed by atoms with van der Waals surface area (Å²) in [5.74, 6) is -3.33. The van der Waals surface area contributed by atoms with Crippen LogP contribution in [0.15, 0.2) is 0 Å². The molecule has 0 aromatic carbocycles. The number of carboxylic acids is 1. The molecule has 9 heteroatoms. The Labute approximate surface area is 146 Å². The van der Waals surface area contributed by atoms with Crippen LogP contribution in [0.4, 0.5) is 4.79 Å². The van der Waals surface area contributed by atoms with Gasteiger partial charge < -0.3 is 24.1 Å². The van der Waals surface area contributed by atoms with Crippen LogP contribution in [0.1, 0.15) is 53.9 Å². The van der Waals surface area contributed by atoms with Gasteiger partial charge in [-0.15, -0.1) is 0 Å². The Morgan fingerprint density at radius 1 is 1.04 bits per heavy atom. The van der Waals surface area contributed by atoms with Gasteiger partial charge in [-0.25, -0.2) is 14.4 Å². The molecule has 0 bridgehead atoms. The molecule has 0 aliphatic rings. The Hall–Kier alpha value is -2.32. The van der Waals surface area contributed by atoms with Crippen molar-refractivity contribution in [3.8, 4) is 0 Å². The van der Waals surface area contributed by atoms with Crippen molar-refractivity contribution in [1.29, 1.82) is 0 Å². The van der Waals surface area contributed by atoms with Crippen molar-refractivity contribution in [3.05, 3.63) is 0 Å². The Bertz CT molecular complexity index is 478. The van der Waals surface area contributed by atoms with Crippen molar-refractivity contribution in [1.82, 2.24) is 0 Å². The van der Waals surface area contributed by atoms with Gasteiger partial charge in [0.2, 0.25) is 6.10 Å². The molecule has 25 heavy (non-hydrogen) atoms. The minimum atomic E-state index is -1.74. The molecule has 0 aliphatic carbocycles. The number of esters is 2. The first-order valence-electron chi connectivity index (χ1n) is 7.94. The van der Waals surface area contributed by atoms with E-state index in [-0.39, 0.29) is 6.61 Å². The van der Waals surface area contributed by atoms with E-state index in [0.717, 1.165) is 6.42 Å². The van der Waals surface area contributed by atoms with Crippen molar-refractivity contribution in [2.75, 3.05) is 6.61 Å². The van der Waals surface area contributed by atoms with Crippen LogP contribution in [0.5, 0.6) is 0 Å². The van der Waals surface area contributed by atoms with Crippen LogP contribution in [-0.4, -0.2) is 53.6 Å². The lowest BCUT2D eigenvalue weighted by molar-refractivity contribution is -0.174. The molecule has 144 valence electrons. The maximum absolute atomic E-state index is 12.0. The molecule has 0 saturated heterocycles. The predicted molar refractivity (Wildman–Crippen MR) is 84.8 cm³/mol. The summed E-state index contributed by atoms with van der Waals surface area (Å²) < 4.78 is 19.3. The predicted octanol–water partition coefficient (Wildman–Crippen LogP) is 2.06. The average molecular weight is 362 g/mol. The maximum Gasteiger partial charge on any atom is 0.509 e. The summed E-state index contributed by atoms with van der Waals surface area (Å²) in [6.45, 7) is 8.11. The molecule has 0 unspecified atom stereocenters. The summed E-state index contributed by atoms with van der Waals surface area (Å²) in [5.41, 5.74) is -0.884. The van der Waals surface area contributed by atoms with Crippen LogP contribution in [0.3, 0.4) is 0 Å². The van der Waals surface area contributed by atoms with Gasteiger partial charge in [0, 0.05) is 0 Å². The fourth-order valence-electron chi connectivity index (χ4n) is 1.45. The van der Waals surface area contributed by atoms with Crippen LogP contribution in [-0.2, 0) is 33.3 Å². The second-order valence-corrected chi connectivity index (χ2v) is 6.27. The highest BCUT2D eigenvalue weighted by Gasteiger charge is 2.32. The number of rotatable bonds is 9. The molecule has 0 radical (unpaired) electrons. The number of aliphatic carboxylic acids is 1. The molecular formula is C16H26O9. The minimum Gasteiger partial charge on any atom is -0.481 e. The monoisotopic (exact) mass is 362 g/mol.